The zero-order chi connectivity index (χ0) is 27.2. The Balaban J connectivity index is 1.52. The predicted octanol–water partition coefficient (Wildman–Crippen LogP) is 5.34. The molecule has 1 atom stereocenters. The standard InChI is InChI=1S/C29H32N6O3/c1-17-24(12-21(14-32-17)18-6-7-18)34-26-31-9-8-23(33-26)19-10-20(13-30)25-22(11-19)29(5,16-36)15-35(25)27(37)38-28(2,3)4/h8-12,14,18,36H,6-7,15-16H2,1-5H3,(H,31,33,34)/t29-/m1/s1. The van der Waals surface area contributed by atoms with Crippen LogP contribution in [0.25, 0.3) is 11.3 Å². The Morgan fingerprint density at radius 3 is 2.71 bits per heavy atom. The largest absolute Gasteiger partial charge is 0.443 e. The van der Waals surface area contributed by atoms with Gasteiger partial charge in [0, 0.05) is 29.9 Å². The van der Waals surface area contributed by atoms with Crippen LogP contribution >= 0.6 is 0 Å². The molecule has 1 aliphatic heterocycles. The molecule has 1 saturated carbocycles. The highest BCUT2D eigenvalue weighted by molar-refractivity contribution is 5.95. The van der Waals surface area contributed by atoms with Crippen molar-refractivity contribution in [2.45, 2.75) is 64.4 Å². The first kappa shape index (κ1) is 25.6. The summed E-state index contributed by atoms with van der Waals surface area (Å²) in [4.78, 5) is 28.1. The minimum atomic E-state index is -0.770. The SMILES string of the molecule is Cc1ncc(C2CC2)cc1Nc1nccc(-c2cc(C#N)c3c(c2)[C@@](C)(CO)CN3C(=O)OC(C)(C)C)n1. The van der Waals surface area contributed by atoms with E-state index in [4.69, 9.17) is 9.72 Å². The number of benzene rings is 1. The van der Waals surface area contributed by atoms with Gasteiger partial charge in [0.15, 0.2) is 0 Å². The van der Waals surface area contributed by atoms with Gasteiger partial charge in [-0.15, -0.1) is 0 Å². The van der Waals surface area contributed by atoms with E-state index < -0.39 is 17.1 Å². The van der Waals surface area contributed by atoms with Crippen molar-refractivity contribution in [2.75, 3.05) is 23.4 Å². The molecule has 9 nitrogen and oxygen atoms in total. The van der Waals surface area contributed by atoms with Crippen molar-refractivity contribution < 1.29 is 14.6 Å². The molecule has 2 N–H and O–H groups in total. The van der Waals surface area contributed by atoms with E-state index in [-0.39, 0.29) is 13.2 Å². The Bertz CT molecular complexity index is 1450. The molecule has 0 saturated heterocycles. The summed E-state index contributed by atoms with van der Waals surface area (Å²) in [6, 6.07) is 9.72. The maximum absolute atomic E-state index is 13.0. The lowest BCUT2D eigenvalue weighted by Gasteiger charge is -2.26. The number of carbonyl (C=O) groups excluding carboxylic acids is 1. The quantitative estimate of drug-likeness (QED) is 0.469. The number of nitriles is 1. The number of hydrogen-bond acceptors (Lipinski definition) is 8. The van der Waals surface area contributed by atoms with Gasteiger partial charge in [0.2, 0.25) is 5.95 Å². The fourth-order valence-corrected chi connectivity index (χ4v) is 4.76. The van der Waals surface area contributed by atoms with E-state index >= 15 is 0 Å². The number of aromatic nitrogens is 3. The Kier molecular flexibility index (Phi) is 6.32. The topological polar surface area (TPSA) is 124 Å². The van der Waals surface area contributed by atoms with Crippen LogP contribution in [-0.2, 0) is 10.2 Å². The number of carbonyl (C=O) groups is 1. The van der Waals surface area contributed by atoms with Crippen LogP contribution in [0.4, 0.5) is 22.1 Å². The Hall–Kier alpha value is -4.03. The average Bonchev–Trinajstić information content (AvgIpc) is 3.68. The van der Waals surface area contributed by atoms with Gasteiger partial charge < -0.3 is 15.2 Å². The van der Waals surface area contributed by atoms with Crippen LogP contribution in [0.5, 0.6) is 0 Å². The molecule has 5 rings (SSSR count). The zero-order valence-electron chi connectivity index (χ0n) is 22.4. The van der Waals surface area contributed by atoms with E-state index in [9.17, 15) is 15.2 Å². The van der Waals surface area contributed by atoms with Crippen LogP contribution in [0, 0.1) is 18.3 Å². The second-order valence-corrected chi connectivity index (χ2v) is 11.4. The Morgan fingerprint density at radius 2 is 2.05 bits per heavy atom. The van der Waals surface area contributed by atoms with Crippen molar-refractivity contribution in [1.29, 1.82) is 5.26 Å². The third-order valence-corrected chi connectivity index (χ3v) is 6.98. The lowest BCUT2D eigenvalue weighted by atomic mass is 9.83. The van der Waals surface area contributed by atoms with Crippen LogP contribution < -0.4 is 10.2 Å². The van der Waals surface area contributed by atoms with Gasteiger partial charge >= 0.3 is 6.09 Å². The summed E-state index contributed by atoms with van der Waals surface area (Å²) in [7, 11) is 0. The van der Waals surface area contributed by atoms with Gasteiger partial charge in [-0.3, -0.25) is 9.88 Å². The number of nitrogens with zero attached hydrogens (tertiary/aromatic N) is 5. The lowest BCUT2D eigenvalue weighted by Crippen LogP contribution is -2.40. The fraction of sp³-hybridized carbons (Fsp3) is 0.414. The molecule has 1 aliphatic carbocycles. The number of ether oxygens (including phenoxy) is 1. The number of amides is 1. The zero-order valence-corrected chi connectivity index (χ0v) is 22.4. The monoisotopic (exact) mass is 512 g/mol. The van der Waals surface area contributed by atoms with Gasteiger partial charge in [0.25, 0.3) is 0 Å². The van der Waals surface area contributed by atoms with E-state index in [1.807, 2.05) is 26.1 Å². The van der Waals surface area contributed by atoms with Crippen molar-refractivity contribution in [3.8, 4) is 17.3 Å². The molecule has 3 aromatic rings. The molecular weight excluding hydrogens is 480 g/mol. The minimum Gasteiger partial charge on any atom is -0.443 e. The Morgan fingerprint density at radius 1 is 1.29 bits per heavy atom. The van der Waals surface area contributed by atoms with Gasteiger partial charge in [-0.2, -0.15) is 5.26 Å². The van der Waals surface area contributed by atoms with Crippen LogP contribution in [0.15, 0.2) is 36.7 Å². The van der Waals surface area contributed by atoms with Gasteiger partial charge in [-0.25, -0.2) is 14.8 Å². The van der Waals surface area contributed by atoms with E-state index in [2.05, 4.69) is 27.4 Å². The molecule has 1 amide bonds. The van der Waals surface area contributed by atoms with E-state index in [1.165, 1.54) is 23.3 Å². The number of aliphatic hydroxyl groups excluding tert-OH is 1. The first-order valence-corrected chi connectivity index (χ1v) is 12.8. The molecule has 0 radical (unpaired) electrons. The van der Waals surface area contributed by atoms with Crippen LogP contribution in [0.2, 0.25) is 0 Å². The smallest absolute Gasteiger partial charge is 0.414 e. The number of hydrogen-bond donors (Lipinski definition) is 2. The van der Waals surface area contributed by atoms with Crippen molar-refractivity contribution in [3.05, 3.63) is 59.0 Å². The fourth-order valence-electron chi connectivity index (χ4n) is 4.76. The van der Waals surface area contributed by atoms with Gasteiger partial charge in [0.05, 0.1) is 34.9 Å². The molecule has 196 valence electrons. The first-order chi connectivity index (χ1) is 18.0. The highest BCUT2D eigenvalue weighted by atomic mass is 16.6. The molecule has 2 aliphatic rings. The number of pyridine rings is 1. The average molecular weight is 513 g/mol. The number of aliphatic hydroxyl groups is 1. The summed E-state index contributed by atoms with van der Waals surface area (Å²) in [6.07, 6.45) is 5.42. The summed E-state index contributed by atoms with van der Waals surface area (Å²) in [5, 5.41) is 23.7. The van der Waals surface area contributed by atoms with Crippen LogP contribution in [0.3, 0.4) is 0 Å². The van der Waals surface area contributed by atoms with Crippen LogP contribution in [-0.4, -0.2) is 44.9 Å². The molecule has 9 heteroatoms. The van der Waals surface area contributed by atoms with Crippen molar-refractivity contribution >= 4 is 23.4 Å². The second kappa shape index (κ2) is 9.37. The summed E-state index contributed by atoms with van der Waals surface area (Å²) < 4.78 is 5.60. The van der Waals surface area contributed by atoms with Gasteiger partial charge in [0.1, 0.15) is 11.7 Å². The minimum absolute atomic E-state index is 0.200. The molecule has 1 fully saturated rings. The normalized spacial score (nSPS) is 18.6. The van der Waals surface area contributed by atoms with Crippen molar-refractivity contribution in [1.82, 2.24) is 15.0 Å². The van der Waals surface area contributed by atoms with Crippen LogP contribution in [0.1, 0.15) is 68.8 Å². The summed E-state index contributed by atoms with van der Waals surface area (Å²) in [5.41, 5.74) is 4.24. The molecule has 2 aromatic heterocycles. The summed E-state index contributed by atoms with van der Waals surface area (Å²) in [6.45, 7) is 9.19. The number of nitrogens with one attached hydrogen (secondary N) is 1. The molecular formula is C29H32N6O3. The molecule has 0 unspecified atom stereocenters. The molecule has 3 heterocycles. The van der Waals surface area contributed by atoms with E-state index in [1.54, 1.807) is 39.1 Å². The molecule has 1 aromatic carbocycles. The second-order valence-electron chi connectivity index (χ2n) is 11.4. The lowest BCUT2D eigenvalue weighted by molar-refractivity contribution is 0.0575. The van der Waals surface area contributed by atoms with E-state index in [0.29, 0.717) is 39.9 Å². The number of rotatable bonds is 5. The maximum atomic E-state index is 13.0. The van der Waals surface area contributed by atoms with Crippen molar-refractivity contribution in [2.24, 2.45) is 0 Å². The number of fused-ring (bicyclic) bond motifs is 1. The number of anilines is 3. The number of aryl methyl sites for hydroxylation is 1. The van der Waals surface area contributed by atoms with E-state index in [0.717, 1.165) is 11.4 Å². The summed E-state index contributed by atoms with van der Waals surface area (Å²) in [5.74, 6) is 0.993. The first-order valence-electron chi connectivity index (χ1n) is 12.8. The molecule has 38 heavy (non-hydrogen) atoms. The van der Waals surface area contributed by atoms with Gasteiger partial charge in [-0.05, 0) is 81.8 Å². The van der Waals surface area contributed by atoms with Gasteiger partial charge in [-0.1, -0.05) is 6.92 Å². The predicted molar refractivity (Wildman–Crippen MR) is 144 cm³/mol. The third kappa shape index (κ3) is 4.92. The summed E-state index contributed by atoms with van der Waals surface area (Å²) >= 11 is 0. The third-order valence-electron chi connectivity index (χ3n) is 6.98. The maximum Gasteiger partial charge on any atom is 0.414 e. The highest BCUT2D eigenvalue weighted by Crippen LogP contribution is 2.45. The Labute approximate surface area is 222 Å². The molecule has 0 spiro atoms. The highest BCUT2D eigenvalue weighted by Gasteiger charge is 2.44. The molecule has 0 bridgehead atoms. The van der Waals surface area contributed by atoms with Crippen molar-refractivity contribution in [3.63, 3.8) is 0 Å².